The van der Waals surface area contributed by atoms with E-state index in [1.165, 1.54) is 109 Å². The number of carbonyl (C=O) groups excluding carboxylic acids is 3. The molecule has 0 aliphatic rings. The largest absolute Gasteiger partial charge is 0.462 e. The topological polar surface area (TPSA) is 78.9 Å². The molecule has 0 aliphatic carbocycles. The van der Waals surface area contributed by atoms with Crippen LogP contribution in [0.2, 0.25) is 0 Å². The van der Waals surface area contributed by atoms with E-state index in [1.807, 2.05) is 12.2 Å². The molecule has 6 nitrogen and oxygen atoms in total. The van der Waals surface area contributed by atoms with E-state index in [2.05, 4.69) is 130 Å². The van der Waals surface area contributed by atoms with Crippen molar-refractivity contribution in [2.45, 2.75) is 277 Å². The van der Waals surface area contributed by atoms with Gasteiger partial charge in [0, 0.05) is 19.3 Å². The van der Waals surface area contributed by atoms with E-state index in [1.54, 1.807) is 0 Å². The lowest BCUT2D eigenvalue weighted by Crippen LogP contribution is -2.30. The minimum atomic E-state index is -0.832. The summed E-state index contributed by atoms with van der Waals surface area (Å²) in [6.07, 6.45) is 84.9. The van der Waals surface area contributed by atoms with Gasteiger partial charge < -0.3 is 14.2 Å². The maximum absolute atomic E-state index is 12.9. The molecule has 420 valence electrons. The smallest absolute Gasteiger partial charge is 0.306 e. The molecule has 0 spiro atoms. The van der Waals surface area contributed by atoms with Crippen LogP contribution < -0.4 is 0 Å². The van der Waals surface area contributed by atoms with Crippen molar-refractivity contribution >= 4 is 17.9 Å². The number of allylic oxidation sites excluding steroid dienone is 20. The lowest BCUT2D eigenvalue weighted by Gasteiger charge is -2.18. The maximum Gasteiger partial charge on any atom is 0.306 e. The minimum Gasteiger partial charge on any atom is -0.462 e. The Bertz CT molecular complexity index is 1550. The number of ether oxygens (including phenoxy) is 3. The number of hydrogen-bond donors (Lipinski definition) is 0. The highest BCUT2D eigenvalue weighted by Crippen LogP contribution is 2.14. The number of esters is 3. The molecular formula is C68H112O6. The molecule has 0 bridgehead atoms. The van der Waals surface area contributed by atoms with Crippen LogP contribution in [0.3, 0.4) is 0 Å². The molecule has 1 atom stereocenters. The molecule has 1 unspecified atom stereocenters. The van der Waals surface area contributed by atoms with E-state index in [4.69, 9.17) is 14.2 Å². The van der Waals surface area contributed by atoms with E-state index >= 15 is 0 Å². The second kappa shape index (κ2) is 61.4. The first kappa shape index (κ1) is 69.8. The average molecular weight is 1030 g/mol. The van der Waals surface area contributed by atoms with Crippen LogP contribution in [0, 0.1) is 0 Å². The first-order valence-electron chi connectivity index (χ1n) is 30.5. The second-order valence-electron chi connectivity index (χ2n) is 19.9. The normalized spacial score (nSPS) is 13.0. The molecule has 6 heteroatoms. The highest BCUT2D eigenvalue weighted by molar-refractivity contribution is 5.71. The summed E-state index contributed by atoms with van der Waals surface area (Å²) in [5.41, 5.74) is 0. The van der Waals surface area contributed by atoms with E-state index in [0.717, 1.165) is 116 Å². The van der Waals surface area contributed by atoms with Crippen molar-refractivity contribution in [1.82, 2.24) is 0 Å². The van der Waals surface area contributed by atoms with Crippen LogP contribution >= 0.6 is 0 Å². The fourth-order valence-corrected chi connectivity index (χ4v) is 8.12. The van der Waals surface area contributed by atoms with E-state index < -0.39 is 12.1 Å². The lowest BCUT2D eigenvalue weighted by molar-refractivity contribution is -0.166. The van der Waals surface area contributed by atoms with Gasteiger partial charge in [-0.3, -0.25) is 14.4 Å². The molecule has 74 heavy (non-hydrogen) atoms. The highest BCUT2D eigenvalue weighted by Gasteiger charge is 2.19. The van der Waals surface area contributed by atoms with Gasteiger partial charge in [0.05, 0.1) is 0 Å². The fourth-order valence-electron chi connectivity index (χ4n) is 8.12. The summed E-state index contributed by atoms with van der Waals surface area (Å²) >= 11 is 0. The zero-order valence-electron chi connectivity index (χ0n) is 48.1. The van der Waals surface area contributed by atoms with Crippen molar-refractivity contribution in [1.29, 1.82) is 0 Å². The van der Waals surface area contributed by atoms with Crippen LogP contribution in [0.5, 0.6) is 0 Å². The summed E-state index contributed by atoms with van der Waals surface area (Å²) in [5, 5.41) is 0. The van der Waals surface area contributed by atoms with Gasteiger partial charge in [-0.1, -0.05) is 251 Å². The van der Waals surface area contributed by atoms with Crippen LogP contribution in [-0.2, 0) is 28.6 Å². The third kappa shape index (κ3) is 58.7. The van der Waals surface area contributed by atoms with Crippen LogP contribution in [0.15, 0.2) is 122 Å². The Morgan fingerprint density at radius 1 is 0.284 bits per heavy atom. The molecular weight excluding hydrogens is 913 g/mol. The van der Waals surface area contributed by atoms with Crippen LogP contribution in [0.25, 0.3) is 0 Å². The van der Waals surface area contributed by atoms with Gasteiger partial charge in [-0.15, -0.1) is 0 Å². The molecule has 0 aliphatic heterocycles. The predicted octanol–water partition coefficient (Wildman–Crippen LogP) is 20.8. The van der Waals surface area contributed by atoms with E-state index in [9.17, 15) is 14.4 Å². The third-order valence-corrected chi connectivity index (χ3v) is 12.7. The number of carbonyl (C=O) groups is 3. The zero-order chi connectivity index (χ0) is 53.6. The van der Waals surface area contributed by atoms with Gasteiger partial charge in [0.2, 0.25) is 0 Å². The number of hydrogen-bond acceptors (Lipinski definition) is 6. The zero-order valence-corrected chi connectivity index (χ0v) is 48.1. The Morgan fingerprint density at radius 2 is 0.554 bits per heavy atom. The SMILES string of the molecule is CC/C=C\C/C=C\C/C=C\C/C=C\C/C=C\C/C=C\CCC(=O)OC(COC(=O)CCCCCCC/C=C\CCCCCCCCC)COC(=O)CCCCCCCC/C=C\C/C=C\C/C=C\CCCCCCC. The van der Waals surface area contributed by atoms with Gasteiger partial charge in [0.1, 0.15) is 13.2 Å². The Morgan fingerprint density at radius 3 is 0.892 bits per heavy atom. The molecule has 0 aromatic rings. The fraction of sp³-hybridized carbons (Fsp3) is 0.662. The average Bonchev–Trinajstić information content (AvgIpc) is 3.40. The maximum atomic E-state index is 12.9. The molecule has 0 radical (unpaired) electrons. The summed E-state index contributed by atoms with van der Waals surface area (Å²) < 4.78 is 16.8. The molecule has 0 saturated carbocycles. The first-order chi connectivity index (χ1) is 36.5. The number of rotatable bonds is 54. The highest BCUT2D eigenvalue weighted by atomic mass is 16.6. The van der Waals surface area contributed by atoms with Crippen LogP contribution in [-0.4, -0.2) is 37.2 Å². The predicted molar refractivity (Wildman–Crippen MR) is 320 cm³/mol. The van der Waals surface area contributed by atoms with E-state index in [0.29, 0.717) is 19.3 Å². The summed E-state index contributed by atoms with van der Waals surface area (Å²) in [7, 11) is 0. The quantitative estimate of drug-likeness (QED) is 0.0261. The monoisotopic (exact) mass is 1020 g/mol. The van der Waals surface area contributed by atoms with Gasteiger partial charge in [-0.05, 0) is 122 Å². The van der Waals surface area contributed by atoms with Gasteiger partial charge in [0.15, 0.2) is 6.10 Å². The molecule has 0 N–H and O–H groups in total. The van der Waals surface area contributed by atoms with Crippen molar-refractivity contribution in [2.24, 2.45) is 0 Å². The lowest BCUT2D eigenvalue weighted by atomic mass is 10.1. The standard InChI is InChI=1S/C68H112O6/c1-4-7-10-13-16-19-22-25-28-31-33-34-36-37-40-43-46-49-52-55-58-61-67(70)73-64-65(63-72-66(69)60-57-54-51-48-45-42-39-30-27-24-21-18-15-12-9-6-3)74-68(71)62-59-56-53-50-47-44-41-38-35-32-29-26-23-20-17-14-11-8-5-2/h8,11,17,20,22,25-26,29-31,33,35-39,44,47,53,56,65H,4-7,9-10,12-16,18-19,21,23-24,27-28,32,34,40-43,45-46,48-52,54-55,57-64H2,1-3H3/b11-8-,20-17-,25-22-,29-26-,33-31-,37-36-,38-35-,39-30-,47-44-,56-53-. The molecule has 0 fully saturated rings. The van der Waals surface area contributed by atoms with Crippen molar-refractivity contribution in [2.75, 3.05) is 13.2 Å². The second-order valence-corrected chi connectivity index (χ2v) is 19.9. The van der Waals surface area contributed by atoms with Crippen molar-refractivity contribution in [3.05, 3.63) is 122 Å². The third-order valence-electron chi connectivity index (χ3n) is 12.7. The molecule has 0 heterocycles. The Balaban J connectivity index is 4.54. The summed E-state index contributed by atoms with van der Waals surface area (Å²) in [5.74, 6) is -1.02. The summed E-state index contributed by atoms with van der Waals surface area (Å²) in [6.45, 7) is 6.44. The number of unbranched alkanes of at least 4 members (excludes halogenated alkanes) is 23. The Labute approximate surface area is 456 Å². The van der Waals surface area contributed by atoms with Crippen molar-refractivity contribution in [3.8, 4) is 0 Å². The summed E-state index contributed by atoms with van der Waals surface area (Å²) in [6, 6.07) is 0. The van der Waals surface area contributed by atoms with Gasteiger partial charge in [0.25, 0.3) is 0 Å². The summed E-state index contributed by atoms with van der Waals surface area (Å²) in [4.78, 5) is 38.2. The minimum absolute atomic E-state index is 0.119. The van der Waals surface area contributed by atoms with Gasteiger partial charge in [-0.25, -0.2) is 0 Å². The van der Waals surface area contributed by atoms with Crippen molar-refractivity contribution < 1.29 is 28.6 Å². The van der Waals surface area contributed by atoms with E-state index in [-0.39, 0.29) is 31.6 Å². The van der Waals surface area contributed by atoms with Crippen molar-refractivity contribution in [3.63, 3.8) is 0 Å². The molecule has 0 amide bonds. The molecule has 0 saturated heterocycles. The van der Waals surface area contributed by atoms with Gasteiger partial charge >= 0.3 is 17.9 Å². The molecule has 0 aromatic carbocycles. The molecule has 0 rings (SSSR count). The van der Waals surface area contributed by atoms with Crippen LogP contribution in [0.1, 0.15) is 271 Å². The first-order valence-corrected chi connectivity index (χ1v) is 30.5. The molecule has 0 aromatic heterocycles. The Kier molecular flexibility index (Phi) is 57.9. The van der Waals surface area contributed by atoms with Gasteiger partial charge in [-0.2, -0.15) is 0 Å². The Hall–Kier alpha value is -4.19. The van der Waals surface area contributed by atoms with Crippen LogP contribution in [0.4, 0.5) is 0 Å².